The molecule has 2 aromatic rings. The van der Waals surface area contributed by atoms with E-state index in [4.69, 9.17) is 5.11 Å². The minimum Gasteiger partial charge on any atom is -0.480 e. The monoisotopic (exact) mass is 273 g/mol. The SMILES string of the molecule is CC1CCCCN1c1ccc2c(c1)ncn2CC(=O)O. The van der Waals surface area contributed by atoms with Gasteiger partial charge in [0, 0.05) is 18.3 Å². The van der Waals surface area contributed by atoms with Crippen molar-refractivity contribution >= 4 is 22.7 Å². The van der Waals surface area contributed by atoms with Gasteiger partial charge < -0.3 is 14.6 Å². The number of aliphatic carboxylic acids is 1. The van der Waals surface area contributed by atoms with Crippen LogP contribution in [0.1, 0.15) is 26.2 Å². The molecular weight excluding hydrogens is 254 g/mol. The number of aromatic nitrogens is 2. The lowest BCUT2D eigenvalue weighted by Gasteiger charge is -2.35. The lowest BCUT2D eigenvalue weighted by Crippen LogP contribution is -2.37. The summed E-state index contributed by atoms with van der Waals surface area (Å²) in [5.74, 6) is -0.849. The van der Waals surface area contributed by atoms with E-state index < -0.39 is 5.97 Å². The highest BCUT2D eigenvalue weighted by molar-refractivity contribution is 5.81. The average molecular weight is 273 g/mol. The lowest BCUT2D eigenvalue weighted by atomic mass is 10.0. The molecule has 1 atom stereocenters. The number of benzene rings is 1. The Morgan fingerprint density at radius 2 is 2.30 bits per heavy atom. The second-order valence-corrected chi connectivity index (χ2v) is 5.48. The summed E-state index contributed by atoms with van der Waals surface area (Å²) >= 11 is 0. The standard InChI is InChI=1S/C15H19N3O2/c1-11-4-2-3-7-18(11)12-5-6-14-13(8-12)16-10-17(14)9-15(19)20/h5-6,8,10-11H,2-4,7,9H2,1H3,(H,19,20). The van der Waals surface area contributed by atoms with Gasteiger partial charge in [0.1, 0.15) is 6.54 Å². The number of carboxylic acids is 1. The highest BCUT2D eigenvalue weighted by Crippen LogP contribution is 2.27. The van der Waals surface area contributed by atoms with Crippen LogP contribution < -0.4 is 4.90 Å². The van der Waals surface area contributed by atoms with Crippen molar-refractivity contribution in [1.82, 2.24) is 9.55 Å². The van der Waals surface area contributed by atoms with E-state index in [0.29, 0.717) is 6.04 Å². The third-order valence-corrected chi connectivity index (χ3v) is 4.04. The summed E-state index contributed by atoms with van der Waals surface area (Å²) in [5.41, 5.74) is 2.92. The molecule has 5 heteroatoms. The number of hydrogen-bond acceptors (Lipinski definition) is 3. The Labute approximate surface area is 117 Å². The van der Waals surface area contributed by atoms with Gasteiger partial charge in [0.2, 0.25) is 0 Å². The third-order valence-electron chi connectivity index (χ3n) is 4.04. The van der Waals surface area contributed by atoms with Crippen LogP contribution in [0.3, 0.4) is 0 Å². The zero-order chi connectivity index (χ0) is 14.1. The summed E-state index contributed by atoms with van der Waals surface area (Å²) in [7, 11) is 0. The minimum absolute atomic E-state index is 0.0457. The topological polar surface area (TPSA) is 58.4 Å². The van der Waals surface area contributed by atoms with E-state index in [0.717, 1.165) is 17.6 Å². The van der Waals surface area contributed by atoms with E-state index in [1.807, 2.05) is 6.07 Å². The quantitative estimate of drug-likeness (QED) is 0.933. The minimum atomic E-state index is -0.849. The largest absolute Gasteiger partial charge is 0.480 e. The fraction of sp³-hybridized carbons (Fsp3) is 0.467. The molecule has 1 aromatic heterocycles. The molecule has 0 saturated carbocycles. The number of hydrogen-bond donors (Lipinski definition) is 1. The maximum Gasteiger partial charge on any atom is 0.323 e. The zero-order valence-corrected chi connectivity index (χ0v) is 11.6. The van der Waals surface area contributed by atoms with Gasteiger partial charge in [0.15, 0.2) is 0 Å². The molecular formula is C15H19N3O2. The number of carbonyl (C=O) groups is 1. The summed E-state index contributed by atoms with van der Waals surface area (Å²) in [6.45, 7) is 3.30. The number of fused-ring (bicyclic) bond motifs is 1. The van der Waals surface area contributed by atoms with E-state index in [1.54, 1.807) is 10.9 Å². The van der Waals surface area contributed by atoms with Crippen molar-refractivity contribution in [3.8, 4) is 0 Å². The average Bonchev–Trinajstić information content (AvgIpc) is 2.81. The van der Waals surface area contributed by atoms with Gasteiger partial charge in [-0.05, 0) is 44.4 Å². The van der Waals surface area contributed by atoms with Crippen molar-refractivity contribution in [1.29, 1.82) is 0 Å². The van der Waals surface area contributed by atoms with Gasteiger partial charge in [0.25, 0.3) is 0 Å². The first-order valence-corrected chi connectivity index (χ1v) is 7.08. The van der Waals surface area contributed by atoms with Gasteiger partial charge in [0.05, 0.1) is 17.4 Å². The molecule has 1 aliphatic rings. The molecule has 1 aliphatic heterocycles. The van der Waals surface area contributed by atoms with Gasteiger partial charge in [-0.1, -0.05) is 0 Å². The molecule has 0 radical (unpaired) electrons. The Morgan fingerprint density at radius 1 is 1.45 bits per heavy atom. The van der Waals surface area contributed by atoms with E-state index >= 15 is 0 Å². The second kappa shape index (κ2) is 5.15. The first kappa shape index (κ1) is 13.0. The maximum absolute atomic E-state index is 10.8. The fourth-order valence-electron chi connectivity index (χ4n) is 2.98. The highest BCUT2D eigenvalue weighted by atomic mass is 16.4. The Bertz CT molecular complexity index is 635. The van der Waals surface area contributed by atoms with Crippen LogP contribution in [0.4, 0.5) is 5.69 Å². The van der Waals surface area contributed by atoms with Crippen LogP contribution in [0.5, 0.6) is 0 Å². The number of piperidine rings is 1. The van der Waals surface area contributed by atoms with Gasteiger partial charge in [-0.2, -0.15) is 0 Å². The van der Waals surface area contributed by atoms with Crippen LogP contribution in [0.25, 0.3) is 11.0 Å². The van der Waals surface area contributed by atoms with Crippen LogP contribution in [0, 0.1) is 0 Å². The number of nitrogens with zero attached hydrogens (tertiary/aromatic N) is 3. The number of imidazole rings is 1. The normalized spacial score (nSPS) is 19.4. The molecule has 1 saturated heterocycles. The Hall–Kier alpha value is -2.04. The molecule has 0 spiro atoms. The van der Waals surface area contributed by atoms with Gasteiger partial charge >= 0.3 is 5.97 Å². The van der Waals surface area contributed by atoms with Crippen molar-refractivity contribution in [3.63, 3.8) is 0 Å². The summed E-state index contributed by atoms with van der Waals surface area (Å²) in [4.78, 5) is 17.6. The fourth-order valence-corrected chi connectivity index (χ4v) is 2.98. The smallest absolute Gasteiger partial charge is 0.323 e. The molecule has 2 heterocycles. The van der Waals surface area contributed by atoms with Gasteiger partial charge in [-0.15, -0.1) is 0 Å². The van der Waals surface area contributed by atoms with Crippen molar-refractivity contribution in [3.05, 3.63) is 24.5 Å². The van der Waals surface area contributed by atoms with Gasteiger partial charge in [-0.25, -0.2) is 4.98 Å². The highest BCUT2D eigenvalue weighted by Gasteiger charge is 2.19. The molecule has 0 bridgehead atoms. The maximum atomic E-state index is 10.8. The first-order valence-electron chi connectivity index (χ1n) is 7.08. The van der Waals surface area contributed by atoms with Crippen molar-refractivity contribution < 1.29 is 9.90 Å². The van der Waals surface area contributed by atoms with Crippen molar-refractivity contribution in [2.24, 2.45) is 0 Å². The number of rotatable bonds is 3. The van der Waals surface area contributed by atoms with Crippen LogP contribution in [-0.4, -0.2) is 33.2 Å². The molecule has 106 valence electrons. The molecule has 1 fully saturated rings. The van der Waals surface area contributed by atoms with E-state index in [2.05, 4.69) is 28.9 Å². The molecule has 20 heavy (non-hydrogen) atoms. The third kappa shape index (κ3) is 2.35. The molecule has 5 nitrogen and oxygen atoms in total. The van der Waals surface area contributed by atoms with Gasteiger partial charge in [-0.3, -0.25) is 4.79 Å². The number of anilines is 1. The number of carboxylic acid groups (broad SMARTS) is 1. The summed E-state index contributed by atoms with van der Waals surface area (Å²) in [6, 6.07) is 6.67. The van der Waals surface area contributed by atoms with Crippen molar-refractivity contribution in [2.75, 3.05) is 11.4 Å². The second-order valence-electron chi connectivity index (χ2n) is 5.48. The summed E-state index contributed by atoms with van der Waals surface area (Å²) in [6.07, 6.45) is 5.36. The van der Waals surface area contributed by atoms with Crippen LogP contribution in [0.2, 0.25) is 0 Å². The Morgan fingerprint density at radius 3 is 3.05 bits per heavy atom. The van der Waals surface area contributed by atoms with Crippen LogP contribution in [0.15, 0.2) is 24.5 Å². The zero-order valence-electron chi connectivity index (χ0n) is 11.6. The Kier molecular flexibility index (Phi) is 3.34. The lowest BCUT2D eigenvalue weighted by molar-refractivity contribution is -0.137. The molecule has 3 rings (SSSR count). The molecule has 1 N–H and O–H groups in total. The Balaban J connectivity index is 1.93. The molecule has 0 aliphatic carbocycles. The molecule has 1 unspecified atom stereocenters. The van der Waals surface area contributed by atoms with Crippen molar-refractivity contribution in [2.45, 2.75) is 38.8 Å². The first-order chi connectivity index (χ1) is 9.65. The van der Waals surface area contributed by atoms with Crippen LogP contribution in [-0.2, 0) is 11.3 Å². The predicted octanol–water partition coefficient (Wildman–Crippen LogP) is 2.50. The predicted molar refractivity (Wildman–Crippen MR) is 78.0 cm³/mol. The van der Waals surface area contributed by atoms with E-state index in [-0.39, 0.29) is 6.54 Å². The molecule has 1 aromatic carbocycles. The van der Waals surface area contributed by atoms with E-state index in [1.165, 1.54) is 24.9 Å². The molecule has 0 amide bonds. The van der Waals surface area contributed by atoms with E-state index in [9.17, 15) is 4.79 Å². The summed E-state index contributed by atoms with van der Waals surface area (Å²) < 4.78 is 1.67. The van der Waals surface area contributed by atoms with Crippen LogP contribution >= 0.6 is 0 Å². The summed E-state index contributed by atoms with van der Waals surface area (Å²) in [5, 5.41) is 8.88.